The molecule has 1 aromatic carbocycles. The molecule has 0 aliphatic heterocycles. The number of hydrogen-bond donors (Lipinski definition) is 1. The number of nitrogens with zero attached hydrogens (tertiary/aromatic N) is 1. The molecule has 1 N–H and O–H groups in total. The minimum atomic E-state index is 0.0668. The zero-order valence-corrected chi connectivity index (χ0v) is 13.1. The van der Waals surface area contributed by atoms with Gasteiger partial charge < -0.3 is 5.32 Å². The SMILES string of the molecule is CCCCC(=O)Nc1nc2ccc(CCCC)cc2s1. The zero-order valence-electron chi connectivity index (χ0n) is 12.2. The molecule has 0 bridgehead atoms. The molecule has 4 heteroatoms. The number of hydrogen-bond acceptors (Lipinski definition) is 3. The lowest BCUT2D eigenvalue weighted by Gasteiger charge is -1.98. The third kappa shape index (κ3) is 4.04. The Morgan fingerprint density at radius 2 is 2.05 bits per heavy atom. The van der Waals surface area contributed by atoms with E-state index in [0.29, 0.717) is 11.6 Å². The van der Waals surface area contributed by atoms with Crippen LogP contribution in [0, 0.1) is 0 Å². The molecular formula is C16H22N2OS. The number of nitrogens with one attached hydrogen (secondary N) is 1. The third-order valence-corrected chi connectivity index (χ3v) is 4.21. The Balaban J connectivity index is 2.06. The van der Waals surface area contributed by atoms with Crippen molar-refractivity contribution in [2.75, 3.05) is 5.32 Å². The fourth-order valence-corrected chi connectivity index (χ4v) is 3.02. The van der Waals surface area contributed by atoms with Gasteiger partial charge in [0.25, 0.3) is 0 Å². The second-order valence-electron chi connectivity index (χ2n) is 5.08. The van der Waals surface area contributed by atoms with Crippen LogP contribution in [-0.4, -0.2) is 10.9 Å². The van der Waals surface area contributed by atoms with Gasteiger partial charge in [-0.15, -0.1) is 0 Å². The highest BCUT2D eigenvalue weighted by atomic mass is 32.1. The van der Waals surface area contributed by atoms with Crippen molar-refractivity contribution in [3.63, 3.8) is 0 Å². The monoisotopic (exact) mass is 290 g/mol. The van der Waals surface area contributed by atoms with Crippen LogP contribution in [0.2, 0.25) is 0 Å². The van der Waals surface area contributed by atoms with Crippen molar-refractivity contribution in [2.24, 2.45) is 0 Å². The first-order valence-electron chi connectivity index (χ1n) is 7.42. The van der Waals surface area contributed by atoms with E-state index < -0.39 is 0 Å². The first-order chi connectivity index (χ1) is 9.72. The van der Waals surface area contributed by atoms with Gasteiger partial charge in [0.2, 0.25) is 5.91 Å². The number of aryl methyl sites for hydroxylation is 1. The third-order valence-electron chi connectivity index (χ3n) is 3.28. The first-order valence-corrected chi connectivity index (χ1v) is 8.24. The fraction of sp³-hybridized carbons (Fsp3) is 0.500. The van der Waals surface area contributed by atoms with Crippen LogP contribution < -0.4 is 5.32 Å². The van der Waals surface area contributed by atoms with E-state index in [0.717, 1.165) is 29.5 Å². The Kier molecular flexibility index (Phi) is 5.53. The van der Waals surface area contributed by atoms with E-state index in [1.165, 1.54) is 18.4 Å². The highest BCUT2D eigenvalue weighted by Gasteiger charge is 2.08. The van der Waals surface area contributed by atoms with E-state index in [-0.39, 0.29) is 5.91 Å². The Morgan fingerprint density at radius 3 is 2.80 bits per heavy atom. The van der Waals surface area contributed by atoms with Gasteiger partial charge in [-0.2, -0.15) is 0 Å². The molecule has 0 fully saturated rings. The first kappa shape index (κ1) is 15.0. The molecular weight excluding hydrogens is 268 g/mol. The summed E-state index contributed by atoms with van der Waals surface area (Å²) in [4.78, 5) is 16.2. The summed E-state index contributed by atoms with van der Waals surface area (Å²) in [5, 5.41) is 3.61. The van der Waals surface area contributed by atoms with Gasteiger partial charge in [-0.1, -0.05) is 44.1 Å². The van der Waals surface area contributed by atoms with Crippen molar-refractivity contribution in [1.82, 2.24) is 4.98 Å². The maximum Gasteiger partial charge on any atom is 0.226 e. The van der Waals surface area contributed by atoms with Gasteiger partial charge in [-0.05, 0) is 37.0 Å². The summed E-state index contributed by atoms with van der Waals surface area (Å²) in [6, 6.07) is 6.39. The van der Waals surface area contributed by atoms with Gasteiger partial charge in [0.05, 0.1) is 10.2 Å². The minimum absolute atomic E-state index is 0.0668. The molecule has 1 amide bonds. The molecule has 0 aliphatic rings. The van der Waals surface area contributed by atoms with Crippen LogP contribution in [0.15, 0.2) is 18.2 Å². The fourth-order valence-electron chi connectivity index (χ4n) is 2.08. The van der Waals surface area contributed by atoms with Crippen LogP contribution in [0.25, 0.3) is 10.2 Å². The molecule has 108 valence electrons. The van der Waals surface area contributed by atoms with Gasteiger partial charge in [0, 0.05) is 6.42 Å². The predicted octanol–water partition coefficient (Wildman–Crippen LogP) is 4.77. The number of unbranched alkanes of at least 4 members (excludes halogenated alkanes) is 2. The summed E-state index contributed by atoms with van der Waals surface area (Å²) < 4.78 is 1.16. The minimum Gasteiger partial charge on any atom is -0.302 e. The Hall–Kier alpha value is -1.42. The molecule has 0 aliphatic carbocycles. The Labute approximate surface area is 124 Å². The average Bonchev–Trinajstić information content (AvgIpc) is 2.84. The molecule has 3 nitrogen and oxygen atoms in total. The summed E-state index contributed by atoms with van der Waals surface area (Å²) in [6.45, 7) is 4.29. The van der Waals surface area contributed by atoms with E-state index in [1.54, 1.807) is 11.3 Å². The number of carbonyl (C=O) groups excluding carboxylic acids is 1. The van der Waals surface area contributed by atoms with Gasteiger partial charge >= 0.3 is 0 Å². The molecule has 2 rings (SSSR count). The Bertz CT molecular complexity index is 577. The largest absolute Gasteiger partial charge is 0.302 e. The van der Waals surface area contributed by atoms with Crippen LogP contribution in [0.5, 0.6) is 0 Å². The van der Waals surface area contributed by atoms with Crippen LogP contribution in [-0.2, 0) is 11.2 Å². The molecule has 0 atom stereocenters. The summed E-state index contributed by atoms with van der Waals surface area (Å²) >= 11 is 1.56. The average molecular weight is 290 g/mol. The molecule has 0 radical (unpaired) electrons. The molecule has 0 unspecified atom stereocenters. The van der Waals surface area contributed by atoms with Gasteiger partial charge in [-0.25, -0.2) is 4.98 Å². The maximum atomic E-state index is 11.7. The lowest BCUT2D eigenvalue weighted by atomic mass is 10.1. The van der Waals surface area contributed by atoms with Gasteiger partial charge in [0.1, 0.15) is 0 Å². The maximum absolute atomic E-state index is 11.7. The number of benzene rings is 1. The second-order valence-corrected chi connectivity index (χ2v) is 6.11. The zero-order chi connectivity index (χ0) is 14.4. The van der Waals surface area contributed by atoms with E-state index in [1.807, 2.05) is 0 Å². The normalized spacial score (nSPS) is 10.9. The van der Waals surface area contributed by atoms with E-state index >= 15 is 0 Å². The van der Waals surface area contributed by atoms with Gasteiger partial charge in [0.15, 0.2) is 5.13 Å². The van der Waals surface area contributed by atoms with Crippen LogP contribution in [0.3, 0.4) is 0 Å². The standard InChI is InChI=1S/C16H22N2OS/c1-3-5-7-12-9-10-13-14(11-12)20-16(17-13)18-15(19)8-6-4-2/h9-11H,3-8H2,1-2H3,(H,17,18,19). The van der Waals surface area contributed by atoms with Crippen molar-refractivity contribution in [3.8, 4) is 0 Å². The summed E-state index contributed by atoms with van der Waals surface area (Å²) in [7, 11) is 0. The molecule has 20 heavy (non-hydrogen) atoms. The van der Waals surface area contributed by atoms with Crippen molar-refractivity contribution in [2.45, 2.75) is 52.4 Å². The summed E-state index contributed by atoms with van der Waals surface area (Å²) in [5.41, 5.74) is 2.33. The molecule has 1 aromatic heterocycles. The van der Waals surface area contributed by atoms with Crippen LogP contribution >= 0.6 is 11.3 Å². The van der Waals surface area contributed by atoms with Crippen molar-refractivity contribution >= 4 is 32.6 Å². The molecule has 0 spiro atoms. The van der Waals surface area contributed by atoms with Crippen molar-refractivity contribution in [3.05, 3.63) is 23.8 Å². The smallest absolute Gasteiger partial charge is 0.226 e. The highest BCUT2D eigenvalue weighted by Crippen LogP contribution is 2.27. The van der Waals surface area contributed by atoms with Crippen LogP contribution in [0.4, 0.5) is 5.13 Å². The van der Waals surface area contributed by atoms with E-state index in [4.69, 9.17) is 0 Å². The van der Waals surface area contributed by atoms with E-state index in [2.05, 4.69) is 42.3 Å². The van der Waals surface area contributed by atoms with Crippen molar-refractivity contribution in [1.29, 1.82) is 0 Å². The van der Waals surface area contributed by atoms with E-state index in [9.17, 15) is 4.79 Å². The summed E-state index contributed by atoms with van der Waals surface area (Å²) in [5.74, 6) is 0.0668. The number of amides is 1. The molecule has 0 saturated carbocycles. The second kappa shape index (κ2) is 7.39. The number of anilines is 1. The molecule has 1 heterocycles. The topological polar surface area (TPSA) is 42.0 Å². The number of fused-ring (bicyclic) bond motifs is 1. The Morgan fingerprint density at radius 1 is 1.25 bits per heavy atom. The molecule has 2 aromatic rings. The van der Waals surface area contributed by atoms with Gasteiger partial charge in [-0.3, -0.25) is 4.79 Å². The lowest BCUT2D eigenvalue weighted by Crippen LogP contribution is -2.10. The number of thiazole rings is 1. The lowest BCUT2D eigenvalue weighted by molar-refractivity contribution is -0.116. The number of carbonyl (C=O) groups is 1. The number of rotatable bonds is 7. The predicted molar refractivity (Wildman–Crippen MR) is 86.4 cm³/mol. The summed E-state index contributed by atoms with van der Waals surface area (Å²) in [6.07, 6.45) is 6.08. The van der Waals surface area contributed by atoms with Crippen molar-refractivity contribution < 1.29 is 4.79 Å². The highest BCUT2D eigenvalue weighted by molar-refractivity contribution is 7.22. The number of aromatic nitrogens is 1. The van der Waals surface area contributed by atoms with Crippen LogP contribution in [0.1, 0.15) is 51.5 Å². The molecule has 0 saturated heterocycles. The quantitative estimate of drug-likeness (QED) is 0.798.